The minimum Gasteiger partial charge on any atom is -0.381 e. The molecule has 2 aliphatic rings. The molecule has 0 aromatic rings. The van der Waals surface area contributed by atoms with E-state index in [1.54, 1.807) is 5.57 Å². The molecular formula is C17H31NO. The van der Waals surface area contributed by atoms with Crippen LogP contribution >= 0.6 is 0 Å². The fraction of sp³-hybridized carbons (Fsp3) is 0.882. The Bertz CT molecular complexity index is 262. The van der Waals surface area contributed by atoms with E-state index in [1.807, 2.05) is 0 Å². The van der Waals surface area contributed by atoms with Crippen molar-refractivity contribution in [3.63, 3.8) is 0 Å². The molecule has 2 heteroatoms. The van der Waals surface area contributed by atoms with Crippen molar-refractivity contribution in [1.82, 2.24) is 5.32 Å². The average Bonchev–Trinajstić information content (AvgIpc) is 2.48. The first-order chi connectivity index (χ1) is 9.40. The topological polar surface area (TPSA) is 21.3 Å². The molecule has 0 bridgehead atoms. The summed E-state index contributed by atoms with van der Waals surface area (Å²) in [6.45, 7) is 6.44. The van der Waals surface area contributed by atoms with Crippen LogP contribution in [0.2, 0.25) is 0 Å². The molecule has 1 saturated carbocycles. The van der Waals surface area contributed by atoms with E-state index in [-0.39, 0.29) is 0 Å². The molecule has 2 nitrogen and oxygen atoms in total. The number of nitrogens with one attached hydrogen (secondary N) is 1. The summed E-state index contributed by atoms with van der Waals surface area (Å²) in [5.41, 5.74) is 1.71. The van der Waals surface area contributed by atoms with Crippen LogP contribution in [-0.2, 0) is 4.74 Å². The SMILES string of the molecule is CCCNCC(=CC1CCOCC1)C1CCCCC1. The smallest absolute Gasteiger partial charge is 0.0471 e. The second-order valence-corrected chi connectivity index (χ2v) is 6.20. The quantitative estimate of drug-likeness (QED) is 0.580. The number of hydrogen-bond acceptors (Lipinski definition) is 2. The average molecular weight is 265 g/mol. The van der Waals surface area contributed by atoms with Crippen molar-refractivity contribution in [1.29, 1.82) is 0 Å². The highest BCUT2D eigenvalue weighted by atomic mass is 16.5. The minimum absolute atomic E-state index is 0.772. The Kier molecular flexibility index (Phi) is 6.94. The van der Waals surface area contributed by atoms with E-state index in [0.29, 0.717) is 0 Å². The molecule has 2 rings (SSSR count). The predicted octanol–water partition coefficient (Wildman–Crippen LogP) is 3.92. The van der Waals surface area contributed by atoms with Crippen LogP contribution in [0.3, 0.4) is 0 Å². The van der Waals surface area contributed by atoms with Gasteiger partial charge in [-0.25, -0.2) is 0 Å². The van der Waals surface area contributed by atoms with E-state index in [4.69, 9.17) is 4.74 Å². The fourth-order valence-corrected chi connectivity index (χ4v) is 3.41. The summed E-state index contributed by atoms with van der Waals surface area (Å²) >= 11 is 0. The molecule has 0 radical (unpaired) electrons. The van der Waals surface area contributed by atoms with Crippen LogP contribution in [0.5, 0.6) is 0 Å². The van der Waals surface area contributed by atoms with Gasteiger partial charge in [0.2, 0.25) is 0 Å². The summed E-state index contributed by atoms with van der Waals surface area (Å²) in [6, 6.07) is 0. The van der Waals surface area contributed by atoms with Gasteiger partial charge in [-0.2, -0.15) is 0 Å². The predicted molar refractivity (Wildman–Crippen MR) is 81.4 cm³/mol. The van der Waals surface area contributed by atoms with E-state index >= 15 is 0 Å². The third-order valence-electron chi connectivity index (χ3n) is 4.60. The first kappa shape index (κ1) is 15.1. The monoisotopic (exact) mass is 265 g/mol. The van der Waals surface area contributed by atoms with E-state index in [2.05, 4.69) is 18.3 Å². The van der Waals surface area contributed by atoms with Gasteiger partial charge in [-0.05, 0) is 50.5 Å². The van der Waals surface area contributed by atoms with Gasteiger partial charge < -0.3 is 10.1 Å². The molecule has 0 atom stereocenters. The fourth-order valence-electron chi connectivity index (χ4n) is 3.41. The molecule has 1 aliphatic carbocycles. The zero-order chi connectivity index (χ0) is 13.3. The zero-order valence-electron chi connectivity index (χ0n) is 12.6. The van der Waals surface area contributed by atoms with Crippen molar-refractivity contribution < 1.29 is 4.74 Å². The van der Waals surface area contributed by atoms with Gasteiger partial charge in [0, 0.05) is 19.8 Å². The van der Waals surface area contributed by atoms with Crippen molar-refractivity contribution in [3.05, 3.63) is 11.6 Å². The van der Waals surface area contributed by atoms with Crippen LogP contribution in [-0.4, -0.2) is 26.3 Å². The summed E-state index contributed by atoms with van der Waals surface area (Å²) in [5, 5.41) is 3.62. The van der Waals surface area contributed by atoms with Crippen molar-refractivity contribution in [2.24, 2.45) is 11.8 Å². The molecule has 0 spiro atoms. The molecule has 1 heterocycles. The normalized spacial score (nSPS) is 23.7. The molecule has 0 aromatic carbocycles. The molecule has 110 valence electrons. The Labute approximate surface area is 119 Å². The highest BCUT2D eigenvalue weighted by Crippen LogP contribution is 2.31. The van der Waals surface area contributed by atoms with Crippen LogP contribution in [0.25, 0.3) is 0 Å². The van der Waals surface area contributed by atoms with Crippen molar-refractivity contribution >= 4 is 0 Å². The molecule has 0 aromatic heterocycles. The minimum atomic E-state index is 0.772. The van der Waals surface area contributed by atoms with Crippen LogP contribution in [0.1, 0.15) is 58.3 Å². The standard InChI is InChI=1S/C17H31NO/c1-2-10-18-14-17(16-6-4-3-5-7-16)13-15-8-11-19-12-9-15/h13,15-16,18H,2-12,14H2,1H3. The van der Waals surface area contributed by atoms with Crippen molar-refractivity contribution in [2.75, 3.05) is 26.3 Å². The second kappa shape index (κ2) is 8.76. The molecule has 1 aliphatic heterocycles. The highest BCUT2D eigenvalue weighted by molar-refractivity contribution is 5.12. The van der Waals surface area contributed by atoms with Crippen LogP contribution in [0.15, 0.2) is 11.6 Å². The highest BCUT2D eigenvalue weighted by Gasteiger charge is 2.20. The van der Waals surface area contributed by atoms with Gasteiger partial charge in [-0.1, -0.05) is 37.8 Å². The van der Waals surface area contributed by atoms with Crippen molar-refractivity contribution in [3.8, 4) is 0 Å². The summed E-state index contributed by atoms with van der Waals surface area (Å²) in [6.07, 6.45) is 13.5. The molecule has 1 saturated heterocycles. The largest absolute Gasteiger partial charge is 0.381 e. The van der Waals surface area contributed by atoms with Gasteiger partial charge in [0.15, 0.2) is 0 Å². The summed E-state index contributed by atoms with van der Waals surface area (Å²) in [5.74, 6) is 1.63. The molecular weight excluding hydrogens is 234 g/mol. The number of allylic oxidation sites excluding steroid dienone is 1. The maximum absolute atomic E-state index is 5.48. The Balaban J connectivity index is 1.92. The summed E-state index contributed by atoms with van der Waals surface area (Å²) in [4.78, 5) is 0. The third kappa shape index (κ3) is 5.27. The summed E-state index contributed by atoms with van der Waals surface area (Å²) < 4.78 is 5.48. The molecule has 19 heavy (non-hydrogen) atoms. The summed E-state index contributed by atoms with van der Waals surface area (Å²) in [7, 11) is 0. The van der Waals surface area contributed by atoms with E-state index in [9.17, 15) is 0 Å². The lowest BCUT2D eigenvalue weighted by atomic mass is 9.81. The molecule has 1 N–H and O–H groups in total. The lowest BCUT2D eigenvalue weighted by Gasteiger charge is -2.27. The zero-order valence-corrected chi connectivity index (χ0v) is 12.6. The Morgan fingerprint density at radius 2 is 1.84 bits per heavy atom. The van der Waals surface area contributed by atoms with E-state index in [1.165, 1.54) is 51.4 Å². The van der Waals surface area contributed by atoms with Gasteiger partial charge in [0.25, 0.3) is 0 Å². The van der Waals surface area contributed by atoms with E-state index in [0.717, 1.165) is 38.1 Å². The van der Waals surface area contributed by atoms with Crippen LogP contribution < -0.4 is 5.32 Å². The Hall–Kier alpha value is -0.340. The van der Waals surface area contributed by atoms with Gasteiger partial charge >= 0.3 is 0 Å². The molecule has 0 unspecified atom stereocenters. The van der Waals surface area contributed by atoms with Crippen LogP contribution in [0.4, 0.5) is 0 Å². The Morgan fingerprint density at radius 1 is 1.11 bits per heavy atom. The van der Waals surface area contributed by atoms with Gasteiger partial charge in [-0.15, -0.1) is 0 Å². The maximum atomic E-state index is 5.48. The first-order valence-corrected chi connectivity index (χ1v) is 8.39. The van der Waals surface area contributed by atoms with Gasteiger partial charge in [0.05, 0.1) is 0 Å². The number of ether oxygens (including phenoxy) is 1. The second-order valence-electron chi connectivity index (χ2n) is 6.20. The van der Waals surface area contributed by atoms with Gasteiger partial charge in [-0.3, -0.25) is 0 Å². The number of hydrogen-bond donors (Lipinski definition) is 1. The maximum Gasteiger partial charge on any atom is 0.0471 e. The van der Waals surface area contributed by atoms with E-state index < -0.39 is 0 Å². The van der Waals surface area contributed by atoms with Crippen LogP contribution in [0, 0.1) is 11.8 Å². The first-order valence-electron chi connectivity index (χ1n) is 8.39. The van der Waals surface area contributed by atoms with Crippen molar-refractivity contribution in [2.45, 2.75) is 58.3 Å². The lowest BCUT2D eigenvalue weighted by Crippen LogP contribution is -2.24. The van der Waals surface area contributed by atoms with Gasteiger partial charge in [0.1, 0.15) is 0 Å². The third-order valence-corrected chi connectivity index (χ3v) is 4.60. The molecule has 0 amide bonds. The lowest BCUT2D eigenvalue weighted by molar-refractivity contribution is 0.0781. The molecule has 2 fully saturated rings. The Morgan fingerprint density at radius 3 is 2.53 bits per heavy atom. The number of rotatable bonds is 6.